The molecule has 4 N–H and O–H groups in total. The van der Waals surface area contributed by atoms with Crippen molar-refractivity contribution in [2.75, 3.05) is 39.3 Å². The maximum absolute atomic E-state index is 12.6. The van der Waals surface area contributed by atoms with Crippen molar-refractivity contribution in [1.29, 1.82) is 0 Å². The van der Waals surface area contributed by atoms with Crippen molar-refractivity contribution in [3.8, 4) is 0 Å². The first-order chi connectivity index (χ1) is 11.0. The van der Waals surface area contributed by atoms with Crippen molar-refractivity contribution < 1.29 is 14.4 Å². The summed E-state index contributed by atoms with van der Waals surface area (Å²) >= 11 is 0. The fourth-order valence-electron chi connectivity index (χ4n) is 3.03. The van der Waals surface area contributed by atoms with Crippen LogP contribution < -0.4 is 16.4 Å². The second-order valence-corrected chi connectivity index (χ2v) is 5.95. The summed E-state index contributed by atoms with van der Waals surface area (Å²) in [5.41, 5.74) is 4.51. The molecule has 2 rings (SSSR count). The van der Waals surface area contributed by atoms with Gasteiger partial charge in [-0.15, -0.1) is 6.58 Å². The summed E-state index contributed by atoms with van der Waals surface area (Å²) in [5.74, 6) is -0.426. The molecular formula is C15H25N5O3. The van der Waals surface area contributed by atoms with Gasteiger partial charge in [-0.25, -0.2) is 4.79 Å². The summed E-state index contributed by atoms with van der Waals surface area (Å²) in [6.45, 7) is 6.82. The minimum Gasteiger partial charge on any atom is -0.355 e. The van der Waals surface area contributed by atoms with Gasteiger partial charge in [-0.2, -0.15) is 0 Å². The lowest BCUT2D eigenvalue weighted by atomic mass is 9.87. The number of rotatable bonds is 7. The van der Waals surface area contributed by atoms with Gasteiger partial charge in [0.1, 0.15) is 5.54 Å². The molecule has 0 aromatic heterocycles. The molecule has 0 aliphatic carbocycles. The van der Waals surface area contributed by atoms with Gasteiger partial charge in [-0.3, -0.25) is 19.4 Å². The Kier molecular flexibility index (Phi) is 5.73. The van der Waals surface area contributed by atoms with Crippen molar-refractivity contribution in [2.24, 2.45) is 5.73 Å². The van der Waals surface area contributed by atoms with Crippen molar-refractivity contribution in [3.05, 3.63) is 12.7 Å². The number of nitrogens with one attached hydrogen (secondary N) is 2. The molecule has 0 radical (unpaired) electrons. The Labute approximate surface area is 136 Å². The van der Waals surface area contributed by atoms with Gasteiger partial charge in [0, 0.05) is 45.7 Å². The maximum atomic E-state index is 12.6. The monoisotopic (exact) mass is 323 g/mol. The van der Waals surface area contributed by atoms with Crippen LogP contribution in [0.3, 0.4) is 0 Å². The molecule has 0 aromatic rings. The van der Waals surface area contributed by atoms with Crippen LogP contribution in [0.2, 0.25) is 0 Å². The number of amides is 4. The predicted octanol–water partition coefficient (Wildman–Crippen LogP) is -0.976. The van der Waals surface area contributed by atoms with Crippen LogP contribution in [0.25, 0.3) is 0 Å². The first-order valence-electron chi connectivity index (χ1n) is 7.96. The van der Waals surface area contributed by atoms with Gasteiger partial charge in [0.05, 0.1) is 0 Å². The highest BCUT2D eigenvalue weighted by molar-refractivity contribution is 6.07. The highest BCUT2D eigenvalue weighted by atomic mass is 16.2. The Morgan fingerprint density at radius 3 is 2.70 bits per heavy atom. The molecule has 0 saturated carbocycles. The molecule has 2 heterocycles. The Morgan fingerprint density at radius 1 is 1.39 bits per heavy atom. The van der Waals surface area contributed by atoms with E-state index in [1.807, 2.05) is 6.08 Å². The highest BCUT2D eigenvalue weighted by Gasteiger charge is 2.51. The van der Waals surface area contributed by atoms with Crippen molar-refractivity contribution in [2.45, 2.75) is 24.8 Å². The third-order valence-electron chi connectivity index (χ3n) is 4.37. The number of carbonyl (C=O) groups excluding carboxylic acids is 3. The molecule has 4 amide bonds. The highest BCUT2D eigenvalue weighted by Crippen LogP contribution is 2.29. The van der Waals surface area contributed by atoms with Crippen LogP contribution in [-0.4, -0.2) is 72.5 Å². The molecule has 2 aliphatic rings. The summed E-state index contributed by atoms with van der Waals surface area (Å²) < 4.78 is 0. The molecule has 23 heavy (non-hydrogen) atoms. The Bertz CT molecular complexity index is 486. The number of hydrogen-bond acceptors (Lipinski definition) is 5. The van der Waals surface area contributed by atoms with Crippen LogP contribution in [0.5, 0.6) is 0 Å². The quantitative estimate of drug-likeness (QED) is 0.412. The lowest BCUT2D eigenvalue weighted by Gasteiger charge is -2.36. The molecule has 0 bridgehead atoms. The summed E-state index contributed by atoms with van der Waals surface area (Å²) in [6, 6.07) is -0.404. The Hall–Kier alpha value is -1.93. The van der Waals surface area contributed by atoms with Crippen LogP contribution >= 0.6 is 0 Å². The van der Waals surface area contributed by atoms with E-state index in [0.29, 0.717) is 25.9 Å². The first-order valence-corrected chi connectivity index (χ1v) is 7.96. The van der Waals surface area contributed by atoms with Gasteiger partial charge in [-0.1, -0.05) is 6.08 Å². The fraction of sp³-hybridized carbons (Fsp3) is 0.667. The van der Waals surface area contributed by atoms with Crippen LogP contribution in [-0.2, 0) is 9.59 Å². The van der Waals surface area contributed by atoms with E-state index in [0.717, 1.165) is 24.5 Å². The lowest BCUT2D eigenvalue weighted by molar-refractivity contribution is -0.133. The van der Waals surface area contributed by atoms with Gasteiger partial charge in [0.15, 0.2) is 0 Å². The summed E-state index contributed by atoms with van der Waals surface area (Å²) in [4.78, 5) is 39.7. The number of imide groups is 1. The molecule has 2 saturated heterocycles. The average molecular weight is 323 g/mol. The molecule has 0 atom stereocenters. The average Bonchev–Trinajstić information content (AvgIpc) is 2.76. The number of nitrogens with zero attached hydrogens (tertiary/aromatic N) is 2. The van der Waals surface area contributed by atoms with Gasteiger partial charge < -0.3 is 16.4 Å². The van der Waals surface area contributed by atoms with Crippen LogP contribution in [0.1, 0.15) is 19.3 Å². The molecule has 128 valence electrons. The molecule has 2 fully saturated rings. The lowest BCUT2D eigenvalue weighted by Crippen LogP contribution is -2.54. The zero-order chi connectivity index (χ0) is 16.9. The van der Waals surface area contributed by atoms with Crippen molar-refractivity contribution >= 4 is 17.8 Å². The van der Waals surface area contributed by atoms with Gasteiger partial charge >= 0.3 is 6.03 Å². The molecule has 8 heteroatoms. The molecular weight excluding hydrogens is 298 g/mol. The second kappa shape index (κ2) is 7.56. The molecule has 0 unspecified atom stereocenters. The standard InChI is InChI=1S/C15H25N5O3/c1-2-8-19-10-4-15(5-11-19)13(22)20(14(23)18-15)9-3-12(21)17-7-6-16/h2H,1,3-11,16H2,(H,17,21)(H,18,23). The predicted molar refractivity (Wildman–Crippen MR) is 85.5 cm³/mol. The van der Waals surface area contributed by atoms with E-state index >= 15 is 0 Å². The second-order valence-electron chi connectivity index (χ2n) is 5.95. The minimum absolute atomic E-state index is 0.0951. The van der Waals surface area contributed by atoms with E-state index in [4.69, 9.17) is 5.73 Å². The zero-order valence-electron chi connectivity index (χ0n) is 13.3. The number of nitrogens with two attached hydrogens (primary N) is 1. The SMILES string of the molecule is C=CCN1CCC2(CC1)NC(=O)N(CCC(=O)NCCN)C2=O. The van der Waals surface area contributed by atoms with E-state index in [-0.39, 0.29) is 24.8 Å². The Balaban J connectivity index is 1.90. The molecule has 1 spiro atoms. The number of hydrogen-bond donors (Lipinski definition) is 3. The van der Waals surface area contributed by atoms with E-state index in [9.17, 15) is 14.4 Å². The summed E-state index contributed by atoms with van der Waals surface area (Å²) in [7, 11) is 0. The maximum Gasteiger partial charge on any atom is 0.325 e. The van der Waals surface area contributed by atoms with E-state index in [2.05, 4.69) is 22.1 Å². The zero-order valence-corrected chi connectivity index (χ0v) is 13.3. The number of urea groups is 1. The Morgan fingerprint density at radius 2 is 2.09 bits per heavy atom. The van der Waals surface area contributed by atoms with Gasteiger partial charge in [0.25, 0.3) is 5.91 Å². The topological polar surface area (TPSA) is 108 Å². The number of carbonyl (C=O) groups is 3. The van der Waals surface area contributed by atoms with E-state index < -0.39 is 11.6 Å². The van der Waals surface area contributed by atoms with Crippen molar-refractivity contribution in [3.63, 3.8) is 0 Å². The van der Waals surface area contributed by atoms with E-state index in [1.54, 1.807) is 0 Å². The number of likely N-dealkylation sites (tertiary alicyclic amines) is 1. The third-order valence-corrected chi connectivity index (χ3v) is 4.37. The summed E-state index contributed by atoms with van der Waals surface area (Å²) in [6.07, 6.45) is 3.10. The normalized spacial score (nSPS) is 20.7. The largest absolute Gasteiger partial charge is 0.355 e. The molecule has 2 aliphatic heterocycles. The molecule has 8 nitrogen and oxygen atoms in total. The van der Waals surface area contributed by atoms with Crippen molar-refractivity contribution in [1.82, 2.24) is 20.4 Å². The van der Waals surface area contributed by atoms with Crippen LogP contribution in [0.4, 0.5) is 4.79 Å². The smallest absolute Gasteiger partial charge is 0.325 e. The summed E-state index contributed by atoms with van der Waals surface area (Å²) in [5, 5.41) is 5.46. The van der Waals surface area contributed by atoms with Gasteiger partial charge in [0.2, 0.25) is 5.91 Å². The van der Waals surface area contributed by atoms with Crippen LogP contribution in [0, 0.1) is 0 Å². The fourth-order valence-corrected chi connectivity index (χ4v) is 3.03. The van der Waals surface area contributed by atoms with Crippen LogP contribution in [0.15, 0.2) is 12.7 Å². The minimum atomic E-state index is -0.803. The third kappa shape index (κ3) is 3.89. The van der Waals surface area contributed by atoms with Gasteiger partial charge in [-0.05, 0) is 12.8 Å². The number of piperidine rings is 1. The van der Waals surface area contributed by atoms with E-state index in [1.165, 1.54) is 0 Å². The molecule has 0 aromatic carbocycles. The first kappa shape index (κ1) is 17.4.